The summed E-state index contributed by atoms with van der Waals surface area (Å²) >= 11 is 0. The highest BCUT2D eigenvalue weighted by Gasteiger charge is 2.72. The van der Waals surface area contributed by atoms with E-state index in [0.29, 0.717) is 18.2 Å². The Morgan fingerprint density at radius 3 is 1.56 bits per heavy atom. The number of nitrogens with two attached hydrogens (primary N) is 1. The van der Waals surface area contributed by atoms with Crippen molar-refractivity contribution in [1.29, 1.82) is 5.26 Å². The summed E-state index contributed by atoms with van der Waals surface area (Å²) in [5.74, 6) is 0. The van der Waals surface area contributed by atoms with Crippen LogP contribution in [-0.4, -0.2) is 12.4 Å². The van der Waals surface area contributed by atoms with E-state index in [2.05, 4.69) is 0 Å². The molecule has 2 N–H and O–H groups in total. The molecule has 98 valence electrons. The van der Waals surface area contributed by atoms with Gasteiger partial charge in [0.2, 0.25) is 0 Å². The predicted molar refractivity (Wildman–Crippen MR) is 50.3 cm³/mol. The number of nitrogen functional groups attached to an aromatic ring is 1. The summed E-state index contributed by atoms with van der Waals surface area (Å²) in [7, 11) is 0. The van der Waals surface area contributed by atoms with Gasteiger partial charge in [0.25, 0.3) is 5.41 Å². The zero-order valence-electron chi connectivity index (χ0n) is 8.60. The minimum absolute atomic E-state index is 0.00469. The monoisotopic (exact) mass is 268 g/mol. The number of hydrogen-bond acceptors (Lipinski definition) is 2. The highest BCUT2D eigenvalue weighted by molar-refractivity contribution is 5.45. The summed E-state index contributed by atoms with van der Waals surface area (Å²) in [6.07, 6.45) is -11.6. The molecular weight excluding hydrogens is 262 g/mol. The summed E-state index contributed by atoms with van der Waals surface area (Å²) in [6, 6.07) is 3.17. The van der Waals surface area contributed by atoms with Crippen molar-refractivity contribution in [3.8, 4) is 6.07 Å². The average Bonchev–Trinajstić information content (AvgIpc) is 2.18. The molecule has 0 unspecified atom stereocenters. The van der Waals surface area contributed by atoms with Crippen LogP contribution in [0.3, 0.4) is 0 Å². The van der Waals surface area contributed by atoms with Gasteiger partial charge in [-0.25, -0.2) is 0 Å². The molecule has 0 amide bonds. The van der Waals surface area contributed by atoms with E-state index >= 15 is 0 Å². The van der Waals surface area contributed by atoms with Gasteiger partial charge in [0.05, 0.1) is 6.07 Å². The molecule has 0 saturated carbocycles. The Morgan fingerprint density at radius 1 is 0.889 bits per heavy atom. The van der Waals surface area contributed by atoms with Crippen LogP contribution in [0, 0.1) is 11.3 Å². The Hall–Kier alpha value is -1.91. The second-order valence-electron chi connectivity index (χ2n) is 3.48. The van der Waals surface area contributed by atoms with Crippen molar-refractivity contribution in [3.05, 3.63) is 29.8 Å². The van der Waals surface area contributed by atoms with E-state index in [1.165, 1.54) is 0 Å². The van der Waals surface area contributed by atoms with Crippen LogP contribution in [0.1, 0.15) is 5.56 Å². The Bertz CT molecular complexity index is 451. The van der Waals surface area contributed by atoms with E-state index in [9.17, 15) is 26.3 Å². The third kappa shape index (κ3) is 1.96. The zero-order valence-corrected chi connectivity index (χ0v) is 8.60. The van der Waals surface area contributed by atoms with Crippen LogP contribution in [0.2, 0.25) is 0 Å². The van der Waals surface area contributed by atoms with Crippen LogP contribution in [-0.2, 0) is 5.41 Å². The average molecular weight is 268 g/mol. The van der Waals surface area contributed by atoms with Crippen molar-refractivity contribution < 1.29 is 26.3 Å². The van der Waals surface area contributed by atoms with Gasteiger partial charge in [-0.1, -0.05) is 12.1 Å². The molecule has 0 aliphatic carbocycles. The van der Waals surface area contributed by atoms with Crippen LogP contribution in [0.4, 0.5) is 32.0 Å². The maximum Gasteiger partial charge on any atom is 0.420 e. The van der Waals surface area contributed by atoms with E-state index in [1.807, 2.05) is 0 Å². The first-order valence-electron chi connectivity index (χ1n) is 4.47. The standard InChI is InChI=1S/C10H6F6N2/c11-9(12,13)8(5-17,10(14,15)16)6-1-3-7(18)4-2-6/h1-4H,18H2. The third-order valence-corrected chi connectivity index (χ3v) is 2.36. The molecular formula is C10H6F6N2. The van der Waals surface area contributed by atoms with Crippen LogP contribution in [0.25, 0.3) is 0 Å². The molecule has 0 fully saturated rings. The molecule has 0 aliphatic rings. The summed E-state index contributed by atoms with van der Waals surface area (Å²) in [6.45, 7) is 0. The van der Waals surface area contributed by atoms with Crippen LogP contribution >= 0.6 is 0 Å². The van der Waals surface area contributed by atoms with Crippen molar-refractivity contribution in [2.75, 3.05) is 5.73 Å². The normalized spacial score (nSPS) is 13.2. The summed E-state index contributed by atoms with van der Waals surface area (Å²) in [5, 5.41) is 8.45. The van der Waals surface area contributed by atoms with Gasteiger partial charge in [0.15, 0.2) is 0 Å². The number of hydrogen-bond donors (Lipinski definition) is 1. The molecule has 2 nitrogen and oxygen atoms in total. The first kappa shape index (κ1) is 14.2. The molecule has 0 aliphatic heterocycles. The Morgan fingerprint density at radius 2 is 1.28 bits per heavy atom. The summed E-state index contributed by atoms with van der Waals surface area (Å²) in [4.78, 5) is 0. The van der Waals surface area contributed by atoms with Crippen molar-refractivity contribution in [2.24, 2.45) is 0 Å². The lowest BCUT2D eigenvalue weighted by Gasteiger charge is -2.31. The van der Waals surface area contributed by atoms with Gasteiger partial charge in [-0.2, -0.15) is 31.6 Å². The predicted octanol–water partition coefficient (Wildman–Crippen LogP) is 3.15. The van der Waals surface area contributed by atoms with Crippen molar-refractivity contribution >= 4 is 5.69 Å². The largest absolute Gasteiger partial charge is 0.420 e. The molecule has 0 spiro atoms. The molecule has 0 aromatic heterocycles. The van der Waals surface area contributed by atoms with E-state index in [0.717, 1.165) is 12.1 Å². The van der Waals surface area contributed by atoms with E-state index in [1.54, 1.807) is 0 Å². The molecule has 0 atom stereocenters. The molecule has 1 aromatic carbocycles. The molecule has 18 heavy (non-hydrogen) atoms. The maximum absolute atomic E-state index is 12.7. The van der Waals surface area contributed by atoms with E-state index < -0.39 is 23.3 Å². The van der Waals surface area contributed by atoms with Crippen molar-refractivity contribution in [3.63, 3.8) is 0 Å². The Balaban J connectivity index is 3.58. The number of rotatable bonds is 1. The Kier molecular flexibility index (Phi) is 3.21. The molecule has 0 radical (unpaired) electrons. The fourth-order valence-electron chi connectivity index (χ4n) is 1.41. The second-order valence-corrected chi connectivity index (χ2v) is 3.48. The first-order chi connectivity index (χ1) is 8.06. The van der Waals surface area contributed by atoms with Gasteiger partial charge in [-0.3, -0.25) is 0 Å². The number of anilines is 1. The SMILES string of the molecule is N#CC(c1ccc(N)cc1)(C(F)(F)F)C(F)(F)F. The van der Waals surface area contributed by atoms with Gasteiger partial charge >= 0.3 is 12.4 Å². The number of benzene rings is 1. The van der Waals surface area contributed by atoms with Gasteiger partial charge in [0.1, 0.15) is 0 Å². The number of nitriles is 1. The quantitative estimate of drug-likeness (QED) is 0.628. The Labute approximate surface area is 97.6 Å². The summed E-state index contributed by atoms with van der Waals surface area (Å²) < 4.78 is 76.1. The van der Waals surface area contributed by atoms with Gasteiger partial charge < -0.3 is 5.73 Å². The third-order valence-electron chi connectivity index (χ3n) is 2.36. The van der Waals surface area contributed by atoms with Crippen molar-refractivity contribution in [1.82, 2.24) is 0 Å². The second kappa shape index (κ2) is 4.08. The highest BCUT2D eigenvalue weighted by atomic mass is 19.4. The lowest BCUT2D eigenvalue weighted by molar-refractivity contribution is -0.283. The number of nitrogens with zero attached hydrogens (tertiary/aromatic N) is 1. The maximum atomic E-state index is 12.7. The molecule has 0 bridgehead atoms. The van der Waals surface area contributed by atoms with Crippen molar-refractivity contribution in [2.45, 2.75) is 17.8 Å². The molecule has 1 aromatic rings. The first-order valence-corrected chi connectivity index (χ1v) is 4.47. The minimum atomic E-state index is -5.78. The molecule has 0 saturated heterocycles. The van der Waals surface area contributed by atoms with E-state index in [4.69, 9.17) is 11.0 Å². The topological polar surface area (TPSA) is 49.8 Å². The smallest absolute Gasteiger partial charge is 0.399 e. The minimum Gasteiger partial charge on any atom is -0.399 e. The fraction of sp³-hybridized carbons (Fsp3) is 0.300. The number of alkyl halides is 6. The van der Waals surface area contributed by atoms with Gasteiger partial charge in [0, 0.05) is 5.69 Å². The number of halogens is 6. The molecule has 0 heterocycles. The zero-order chi connectivity index (χ0) is 14.2. The van der Waals surface area contributed by atoms with Crippen LogP contribution in [0.15, 0.2) is 24.3 Å². The summed E-state index contributed by atoms with van der Waals surface area (Å²) in [5.41, 5.74) is -0.578. The lowest BCUT2D eigenvalue weighted by Crippen LogP contribution is -2.52. The van der Waals surface area contributed by atoms with Gasteiger partial charge in [-0.15, -0.1) is 0 Å². The fourth-order valence-corrected chi connectivity index (χ4v) is 1.41. The molecule has 8 heteroatoms. The highest BCUT2D eigenvalue weighted by Crippen LogP contribution is 2.51. The van der Waals surface area contributed by atoms with Gasteiger partial charge in [-0.05, 0) is 17.7 Å². The van der Waals surface area contributed by atoms with Crippen LogP contribution < -0.4 is 5.73 Å². The lowest BCUT2D eigenvalue weighted by atomic mass is 9.80. The van der Waals surface area contributed by atoms with E-state index in [-0.39, 0.29) is 5.69 Å². The molecule has 1 rings (SSSR count). The van der Waals surface area contributed by atoms with Crippen LogP contribution in [0.5, 0.6) is 0 Å².